The summed E-state index contributed by atoms with van der Waals surface area (Å²) in [5, 5.41) is 2.55. The van der Waals surface area contributed by atoms with Crippen LogP contribution in [0.5, 0.6) is 34.5 Å². The molecule has 0 N–H and O–H groups in total. The van der Waals surface area contributed by atoms with E-state index in [9.17, 15) is 8.42 Å². The van der Waals surface area contributed by atoms with Crippen LogP contribution in [0.4, 0.5) is 0 Å². The van der Waals surface area contributed by atoms with Gasteiger partial charge in [0.15, 0.2) is 0 Å². The molecule has 180 valence electrons. The smallest absolute Gasteiger partial charge is 0.141 e. The van der Waals surface area contributed by atoms with Crippen LogP contribution in [0.25, 0.3) is 0 Å². The maximum Gasteiger partial charge on any atom is 0.141 e. The molecule has 2 unspecified atom stereocenters. The van der Waals surface area contributed by atoms with Crippen LogP contribution in [0, 0.1) is 11.2 Å². The maximum absolute atomic E-state index is 12.6. The summed E-state index contributed by atoms with van der Waals surface area (Å²) >= 11 is 0. The van der Waals surface area contributed by atoms with Crippen LogP contribution in [-0.4, -0.2) is 61.9 Å². The molecule has 10 heteroatoms. The van der Waals surface area contributed by atoms with Crippen LogP contribution in [0.2, 0.25) is 0 Å². The molecule has 0 aromatic heterocycles. The number of methoxy groups -OCH3 is 6. The summed E-state index contributed by atoms with van der Waals surface area (Å²) in [5.41, 5.74) is 1.20. The molecule has 0 aliphatic heterocycles. The van der Waals surface area contributed by atoms with Gasteiger partial charge in [-0.2, -0.15) is 0 Å². The second-order valence-corrected chi connectivity index (χ2v) is 9.63. The van der Waals surface area contributed by atoms with Gasteiger partial charge in [0, 0.05) is 51.6 Å². The minimum absolute atomic E-state index is 0.0887. The molecule has 2 rings (SSSR count). The second-order valence-electron chi connectivity index (χ2n) is 6.50. The highest BCUT2D eigenvalue weighted by molar-refractivity contribution is 8.04. The zero-order chi connectivity index (χ0) is 24.4. The highest BCUT2D eigenvalue weighted by atomic mass is 32.2. The van der Waals surface area contributed by atoms with Crippen molar-refractivity contribution in [3.8, 4) is 45.7 Å². The summed E-state index contributed by atoms with van der Waals surface area (Å²) in [7, 11) is 6.13. The van der Waals surface area contributed by atoms with Gasteiger partial charge in [0.2, 0.25) is 0 Å². The Bertz CT molecular complexity index is 1020. The fourth-order valence-corrected chi connectivity index (χ4v) is 5.29. The Hall–Kier alpha value is -2.90. The molecule has 0 spiro atoms. The lowest BCUT2D eigenvalue weighted by molar-refractivity contribution is 0.369. The first kappa shape index (κ1) is 26.4. The molecule has 0 amide bonds. The fraction of sp³-hybridized carbons (Fsp3) is 0.391. The monoisotopic (exact) mass is 496 g/mol. The topological polar surface area (TPSA) is 89.5 Å². The van der Waals surface area contributed by atoms with Gasteiger partial charge in [-0.05, 0) is 12.3 Å². The largest absolute Gasteiger partial charge is 0.496 e. The Kier molecular flexibility index (Phi) is 10.4. The van der Waals surface area contributed by atoms with Crippen molar-refractivity contribution in [3.05, 3.63) is 35.4 Å². The fourth-order valence-electron chi connectivity index (χ4n) is 2.98. The lowest BCUT2D eigenvalue weighted by Gasteiger charge is -2.14. The van der Waals surface area contributed by atoms with E-state index < -0.39 is 21.6 Å². The first-order valence-corrected chi connectivity index (χ1v) is 12.5. The minimum atomic E-state index is -1.64. The molecule has 0 saturated carbocycles. The highest BCUT2D eigenvalue weighted by Gasteiger charge is 2.16. The summed E-state index contributed by atoms with van der Waals surface area (Å²) in [5.74, 6) is 6.22. The van der Waals surface area contributed by atoms with Crippen LogP contribution in [0.15, 0.2) is 24.3 Å². The zero-order valence-electron chi connectivity index (χ0n) is 19.5. The van der Waals surface area contributed by atoms with Gasteiger partial charge in [-0.3, -0.25) is 4.21 Å². The predicted molar refractivity (Wildman–Crippen MR) is 129 cm³/mol. The average molecular weight is 497 g/mol. The summed E-state index contributed by atoms with van der Waals surface area (Å²) < 4.78 is 57.0. The van der Waals surface area contributed by atoms with Crippen LogP contribution in [-0.2, 0) is 28.0 Å². The van der Waals surface area contributed by atoms with Crippen LogP contribution < -0.4 is 28.4 Å². The third-order valence-electron chi connectivity index (χ3n) is 4.64. The van der Waals surface area contributed by atoms with Crippen molar-refractivity contribution in [2.24, 2.45) is 0 Å². The Morgan fingerprint density at radius 1 is 0.697 bits per heavy atom. The Balaban J connectivity index is 2.11. The predicted octanol–water partition coefficient (Wildman–Crippen LogP) is 2.74. The third kappa shape index (κ3) is 7.04. The van der Waals surface area contributed by atoms with E-state index in [0.29, 0.717) is 46.5 Å². The molecular weight excluding hydrogens is 468 g/mol. The molecular formula is C23H28O8S2. The van der Waals surface area contributed by atoms with E-state index in [2.05, 4.69) is 11.2 Å². The summed E-state index contributed by atoms with van der Waals surface area (Å²) in [6.45, 7) is 0. The van der Waals surface area contributed by atoms with Crippen molar-refractivity contribution in [2.75, 3.05) is 53.5 Å². The first-order chi connectivity index (χ1) is 15.9. The van der Waals surface area contributed by atoms with Gasteiger partial charge >= 0.3 is 0 Å². The quantitative estimate of drug-likeness (QED) is 0.439. The summed E-state index contributed by atoms with van der Waals surface area (Å²) in [6.07, 6.45) is 0.410. The second kappa shape index (κ2) is 13.0. The molecule has 0 heterocycles. The summed E-state index contributed by atoms with van der Waals surface area (Å²) in [6, 6.07) is 6.78. The number of rotatable bonds is 11. The van der Waals surface area contributed by atoms with E-state index in [-0.39, 0.29) is 10.8 Å². The lowest BCUT2D eigenvalue weighted by Crippen LogP contribution is -2.10. The zero-order valence-corrected chi connectivity index (χ0v) is 21.1. The van der Waals surface area contributed by atoms with E-state index in [1.54, 1.807) is 45.6 Å². The Morgan fingerprint density at radius 3 is 1.58 bits per heavy atom. The van der Waals surface area contributed by atoms with Crippen LogP contribution >= 0.6 is 0 Å². The van der Waals surface area contributed by atoms with E-state index in [1.807, 2.05) is 0 Å². The van der Waals surface area contributed by atoms with Gasteiger partial charge < -0.3 is 28.4 Å². The van der Waals surface area contributed by atoms with Gasteiger partial charge in [0.25, 0.3) is 0 Å². The summed E-state index contributed by atoms with van der Waals surface area (Å²) in [4.78, 5) is 0. The van der Waals surface area contributed by atoms with Crippen LogP contribution in [0.3, 0.4) is 0 Å². The maximum atomic E-state index is 12.6. The third-order valence-corrected chi connectivity index (χ3v) is 7.54. The van der Waals surface area contributed by atoms with Crippen molar-refractivity contribution in [1.82, 2.24) is 0 Å². The van der Waals surface area contributed by atoms with Crippen molar-refractivity contribution in [1.29, 1.82) is 0 Å². The Morgan fingerprint density at radius 2 is 1.15 bits per heavy atom. The van der Waals surface area contributed by atoms with Crippen molar-refractivity contribution in [2.45, 2.75) is 6.42 Å². The van der Waals surface area contributed by atoms with E-state index in [4.69, 9.17) is 28.4 Å². The minimum Gasteiger partial charge on any atom is -0.496 e. The standard InChI is InChI=1S/C23H28O8S2/c1-26-16-11-20(28-3)18(21(12-16)29-4)7-9-32(24)15-33(25)10-8-19-22(30-5)13-17(27-2)14-23(19)31-6/h11-14H,7,9,15H2,1-6H3. The van der Waals surface area contributed by atoms with Gasteiger partial charge in [-0.15, -0.1) is 0 Å². The highest BCUT2D eigenvalue weighted by Crippen LogP contribution is 2.35. The van der Waals surface area contributed by atoms with E-state index >= 15 is 0 Å². The van der Waals surface area contributed by atoms with Gasteiger partial charge in [0.05, 0.1) is 42.7 Å². The van der Waals surface area contributed by atoms with Crippen molar-refractivity contribution in [3.63, 3.8) is 0 Å². The van der Waals surface area contributed by atoms with Gasteiger partial charge in [-0.1, -0.05) is 0 Å². The van der Waals surface area contributed by atoms with Gasteiger partial charge in [-0.25, -0.2) is 4.21 Å². The van der Waals surface area contributed by atoms with Crippen molar-refractivity contribution >= 4 is 21.6 Å². The van der Waals surface area contributed by atoms with Gasteiger partial charge in [0.1, 0.15) is 55.9 Å². The molecule has 2 atom stereocenters. The normalized spacial score (nSPS) is 12.1. The van der Waals surface area contributed by atoms with E-state index in [1.165, 1.54) is 21.3 Å². The molecule has 33 heavy (non-hydrogen) atoms. The molecule has 8 nitrogen and oxygen atoms in total. The molecule has 0 saturated heterocycles. The molecule has 0 radical (unpaired) electrons. The molecule has 2 aromatic carbocycles. The number of benzene rings is 2. The molecule has 2 aromatic rings. The first-order valence-electron chi connectivity index (χ1n) is 9.74. The number of ether oxygens (including phenoxy) is 6. The Labute approximate surface area is 199 Å². The molecule has 0 aliphatic rings. The van der Waals surface area contributed by atoms with Crippen molar-refractivity contribution < 1.29 is 36.8 Å². The molecule has 0 fully saturated rings. The number of hydrogen-bond donors (Lipinski definition) is 0. The SMILES string of the molecule is COc1cc(OC)c(C#CS(=O)CS(=O)CCc2c(OC)cc(OC)cc2OC)c(OC)c1. The van der Waals surface area contributed by atoms with Crippen LogP contribution in [0.1, 0.15) is 11.1 Å². The van der Waals surface area contributed by atoms with E-state index in [0.717, 1.165) is 5.56 Å². The average Bonchev–Trinajstić information content (AvgIpc) is 2.84. The molecule has 0 aliphatic carbocycles. The number of hydrogen-bond acceptors (Lipinski definition) is 8. The lowest BCUT2D eigenvalue weighted by atomic mass is 10.1. The molecule has 0 bridgehead atoms.